The van der Waals surface area contributed by atoms with Crippen LogP contribution < -0.4 is 15.8 Å². The number of ether oxygens (including phenoxy) is 1. The van der Waals surface area contributed by atoms with Gasteiger partial charge in [0.15, 0.2) is 0 Å². The van der Waals surface area contributed by atoms with Crippen LogP contribution in [0.3, 0.4) is 0 Å². The molecule has 0 aliphatic rings. The minimum Gasteiger partial charge on any atom is -0.481 e. The topological polar surface area (TPSA) is 77.2 Å². The molecule has 5 nitrogen and oxygen atoms in total. The lowest BCUT2D eigenvalue weighted by molar-refractivity contribution is -0.116. The molecule has 5 heteroatoms. The van der Waals surface area contributed by atoms with Gasteiger partial charge < -0.3 is 15.8 Å². The SMILES string of the molecule is COc1ccc(NC(=O)CCCCN)cn1. The second kappa shape index (κ2) is 6.79. The van der Waals surface area contributed by atoms with Crippen LogP contribution in [-0.4, -0.2) is 24.5 Å². The van der Waals surface area contributed by atoms with Crippen molar-refractivity contribution in [2.24, 2.45) is 5.73 Å². The number of nitrogens with two attached hydrogens (primary N) is 1. The standard InChI is InChI=1S/C11H17N3O2/c1-16-11-6-5-9(8-13-11)14-10(15)4-2-3-7-12/h5-6,8H,2-4,7,12H2,1H3,(H,14,15). The number of nitrogens with one attached hydrogen (secondary N) is 1. The minimum absolute atomic E-state index is 0.0135. The Labute approximate surface area is 95.0 Å². The largest absolute Gasteiger partial charge is 0.481 e. The molecule has 3 N–H and O–H groups in total. The van der Waals surface area contributed by atoms with Gasteiger partial charge in [0.2, 0.25) is 11.8 Å². The molecule has 0 aromatic carbocycles. The molecule has 0 spiro atoms. The molecule has 88 valence electrons. The van der Waals surface area contributed by atoms with Gasteiger partial charge in [-0.05, 0) is 25.5 Å². The van der Waals surface area contributed by atoms with Crippen molar-refractivity contribution >= 4 is 11.6 Å². The first-order valence-electron chi connectivity index (χ1n) is 5.26. The fourth-order valence-electron chi connectivity index (χ4n) is 1.23. The van der Waals surface area contributed by atoms with E-state index in [0.29, 0.717) is 24.5 Å². The first-order valence-corrected chi connectivity index (χ1v) is 5.26. The summed E-state index contributed by atoms with van der Waals surface area (Å²) in [7, 11) is 1.55. The molecular formula is C11H17N3O2. The number of amides is 1. The molecule has 0 bridgehead atoms. The lowest BCUT2D eigenvalue weighted by Crippen LogP contribution is -2.12. The van der Waals surface area contributed by atoms with E-state index in [2.05, 4.69) is 10.3 Å². The molecule has 1 amide bonds. The van der Waals surface area contributed by atoms with Gasteiger partial charge >= 0.3 is 0 Å². The lowest BCUT2D eigenvalue weighted by atomic mass is 10.2. The first-order chi connectivity index (χ1) is 7.76. The summed E-state index contributed by atoms with van der Waals surface area (Å²) in [6.45, 7) is 0.622. The van der Waals surface area contributed by atoms with Gasteiger partial charge in [0.25, 0.3) is 0 Å². The summed E-state index contributed by atoms with van der Waals surface area (Å²) in [5.41, 5.74) is 6.02. The van der Waals surface area contributed by atoms with Crippen LogP contribution in [-0.2, 0) is 4.79 Å². The maximum atomic E-state index is 11.4. The first kappa shape index (κ1) is 12.4. The van der Waals surface area contributed by atoms with Gasteiger partial charge in [-0.1, -0.05) is 0 Å². The van der Waals surface area contributed by atoms with Gasteiger partial charge in [-0.15, -0.1) is 0 Å². The number of anilines is 1. The molecule has 0 saturated carbocycles. The summed E-state index contributed by atoms with van der Waals surface area (Å²) >= 11 is 0. The highest BCUT2D eigenvalue weighted by Gasteiger charge is 2.02. The van der Waals surface area contributed by atoms with Crippen LogP contribution in [0.4, 0.5) is 5.69 Å². The maximum absolute atomic E-state index is 11.4. The summed E-state index contributed by atoms with van der Waals surface area (Å²) in [5.74, 6) is 0.515. The van der Waals surface area contributed by atoms with Crippen LogP contribution >= 0.6 is 0 Å². The molecule has 16 heavy (non-hydrogen) atoms. The van der Waals surface area contributed by atoms with E-state index in [-0.39, 0.29) is 5.91 Å². The zero-order valence-corrected chi connectivity index (χ0v) is 9.40. The van der Waals surface area contributed by atoms with Crippen molar-refractivity contribution in [1.29, 1.82) is 0 Å². The number of pyridine rings is 1. The molecule has 1 rings (SSSR count). The van der Waals surface area contributed by atoms with Gasteiger partial charge in [-0.3, -0.25) is 4.79 Å². The van der Waals surface area contributed by atoms with Crippen LogP contribution in [0, 0.1) is 0 Å². The fraction of sp³-hybridized carbons (Fsp3) is 0.455. The van der Waals surface area contributed by atoms with Crippen LogP contribution in [0.25, 0.3) is 0 Å². The molecule has 0 unspecified atom stereocenters. The Hall–Kier alpha value is -1.62. The second-order valence-electron chi connectivity index (χ2n) is 3.38. The average Bonchev–Trinajstić information content (AvgIpc) is 2.30. The number of aromatic nitrogens is 1. The molecule has 1 aromatic rings. The van der Waals surface area contributed by atoms with E-state index >= 15 is 0 Å². The van der Waals surface area contributed by atoms with E-state index in [1.54, 1.807) is 25.4 Å². The predicted molar refractivity (Wildman–Crippen MR) is 62.3 cm³/mol. The Morgan fingerprint density at radius 2 is 2.31 bits per heavy atom. The van der Waals surface area contributed by atoms with E-state index in [4.69, 9.17) is 10.5 Å². The number of methoxy groups -OCH3 is 1. The Morgan fingerprint density at radius 1 is 1.50 bits per heavy atom. The monoisotopic (exact) mass is 223 g/mol. The third-order valence-electron chi connectivity index (χ3n) is 2.09. The van der Waals surface area contributed by atoms with Crippen LogP contribution in [0.15, 0.2) is 18.3 Å². The normalized spacial score (nSPS) is 9.88. The van der Waals surface area contributed by atoms with E-state index in [0.717, 1.165) is 12.8 Å². The van der Waals surface area contributed by atoms with E-state index in [1.165, 1.54) is 0 Å². The summed E-state index contributed by atoms with van der Waals surface area (Å²) in [6.07, 6.45) is 3.74. The quantitative estimate of drug-likeness (QED) is 0.709. The molecule has 0 aliphatic heterocycles. The number of rotatable bonds is 6. The number of hydrogen-bond donors (Lipinski definition) is 2. The lowest BCUT2D eigenvalue weighted by Gasteiger charge is -2.05. The molecule has 0 atom stereocenters. The number of hydrogen-bond acceptors (Lipinski definition) is 4. The van der Waals surface area contributed by atoms with E-state index in [9.17, 15) is 4.79 Å². The van der Waals surface area contributed by atoms with Crippen LogP contribution in [0.1, 0.15) is 19.3 Å². The smallest absolute Gasteiger partial charge is 0.224 e. The van der Waals surface area contributed by atoms with Crippen LogP contribution in [0.5, 0.6) is 5.88 Å². The molecular weight excluding hydrogens is 206 g/mol. The molecule has 1 aromatic heterocycles. The van der Waals surface area contributed by atoms with Crippen molar-refractivity contribution in [2.45, 2.75) is 19.3 Å². The molecule has 0 aliphatic carbocycles. The van der Waals surface area contributed by atoms with Gasteiger partial charge in [-0.25, -0.2) is 4.98 Å². The third-order valence-corrected chi connectivity index (χ3v) is 2.09. The fourth-order valence-corrected chi connectivity index (χ4v) is 1.23. The Balaban J connectivity index is 2.37. The summed E-state index contributed by atoms with van der Waals surface area (Å²) in [6, 6.07) is 3.46. The summed E-state index contributed by atoms with van der Waals surface area (Å²) in [5, 5.41) is 2.75. The molecule has 0 fully saturated rings. The van der Waals surface area contributed by atoms with Crippen molar-refractivity contribution in [2.75, 3.05) is 19.0 Å². The molecule has 0 saturated heterocycles. The number of carbonyl (C=O) groups excluding carboxylic acids is 1. The molecule has 1 heterocycles. The van der Waals surface area contributed by atoms with Crippen molar-refractivity contribution in [1.82, 2.24) is 4.98 Å². The van der Waals surface area contributed by atoms with Crippen molar-refractivity contribution in [3.05, 3.63) is 18.3 Å². The third kappa shape index (κ3) is 4.27. The van der Waals surface area contributed by atoms with Crippen molar-refractivity contribution in [3.63, 3.8) is 0 Å². The highest BCUT2D eigenvalue weighted by molar-refractivity contribution is 5.90. The zero-order chi connectivity index (χ0) is 11.8. The second-order valence-corrected chi connectivity index (χ2v) is 3.38. The Morgan fingerprint density at radius 3 is 2.88 bits per heavy atom. The van der Waals surface area contributed by atoms with E-state index in [1.807, 2.05) is 0 Å². The summed E-state index contributed by atoms with van der Waals surface area (Å²) < 4.78 is 4.92. The highest BCUT2D eigenvalue weighted by atomic mass is 16.5. The Kier molecular flexibility index (Phi) is 5.28. The van der Waals surface area contributed by atoms with Crippen LogP contribution in [0.2, 0.25) is 0 Å². The Bertz CT molecular complexity index is 325. The van der Waals surface area contributed by atoms with Gasteiger partial charge in [0.1, 0.15) is 0 Å². The van der Waals surface area contributed by atoms with Gasteiger partial charge in [-0.2, -0.15) is 0 Å². The number of nitrogens with zero attached hydrogens (tertiary/aromatic N) is 1. The predicted octanol–water partition coefficient (Wildman–Crippen LogP) is 1.16. The highest BCUT2D eigenvalue weighted by Crippen LogP contribution is 2.11. The number of carbonyl (C=O) groups is 1. The average molecular weight is 223 g/mol. The summed E-state index contributed by atoms with van der Waals surface area (Å²) in [4.78, 5) is 15.4. The number of unbranched alkanes of at least 4 members (excludes halogenated alkanes) is 1. The van der Waals surface area contributed by atoms with Gasteiger partial charge in [0, 0.05) is 12.5 Å². The van der Waals surface area contributed by atoms with Crippen molar-refractivity contribution in [3.8, 4) is 5.88 Å². The maximum Gasteiger partial charge on any atom is 0.224 e. The van der Waals surface area contributed by atoms with Crippen molar-refractivity contribution < 1.29 is 9.53 Å². The van der Waals surface area contributed by atoms with Gasteiger partial charge in [0.05, 0.1) is 19.0 Å². The molecule has 0 radical (unpaired) electrons. The zero-order valence-electron chi connectivity index (χ0n) is 9.40. The minimum atomic E-state index is -0.0135. The van der Waals surface area contributed by atoms with E-state index < -0.39 is 0 Å².